The van der Waals surface area contributed by atoms with Crippen LogP contribution in [0.15, 0.2) is 48.5 Å². The van der Waals surface area contributed by atoms with Crippen LogP contribution in [0.25, 0.3) is 0 Å². The van der Waals surface area contributed by atoms with E-state index in [1.54, 1.807) is 36.4 Å². The van der Waals surface area contributed by atoms with Crippen molar-refractivity contribution in [1.29, 1.82) is 0 Å². The second-order valence-corrected chi connectivity index (χ2v) is 6.90. The van der Waals surface area contributed by atoms with Crippen molar-refractivity contribution in [3.05, 3.63) is 54.1 Å². The maximum absolute atomic E-state index is 12.1. The summed E-state index contributed by atoms with van der Waals surface area (Å²) in [6.45, 7) is 0.271. The van der Waals surface area contributed by atoms with E-state index in [0.717, 1.165) is 31.4 Å². The molecule has 6 nitrogen and oxygen atoms in total. The molecule has 0 radical (unpaired) electrons. The molecule has 1 fully saturated rings. The van der Waals surface area contributed by atoms with E-state index in [9.17, 15) is 9.59 Å². The van der Waals surface area contributed by atoms with Crippen LogP contribution in [-0.4, -0.2) is 24.1 Å². The lowest BCUT2D eigenvalue weighted by Gasteiger charge is -2.21. The Labute approximate surface area is 157 Å². The zero-order chi connectivity index (χ0) is 18.7. The summed E-state index contributed by atoms with van der Waals surface area (Å²) in [6, 6.07) is 14.4. The quantitative estimate of drug-likeness (QED) is 0.849. The van der Waals surface area contributed by atoms with Gasteiger partial charge in [-0.3, -0.25) is 9.59 Å². The summed E-state index contributed by atoms with van der Waals surface area (Å²) in [5.41, 5.74) is 1.24. The summed E-state index contributed by atoms with van der Waals surface area (Å²) >= 11 is 0. The summed E-state index contributed by atoms with van der Waals surface area (Å²) in [4.78, 5) is 24.1. The third-order valence-corrected chi connectivity index (χ3v) is 4.86. The van der Waals surface area contributed by atoms with Gasteiger partial charge < -0.3 is 20.1 Å². The van der Waals surface area contributed by atoms with Gasteiger partial charge in [-0.05, 0) is 37.1 Å². The Kier molecular flexibility index (Phi) is 4.71. The molecule has 0 bridgehead atoms. The molecule has 140 valence electrons. The number of hydrogen-bond donors (Lipinski definition) is 2. The van der Waals surface area contributed by atoms with Crippen molar-refractivity contribution < 1.29 is 19.1 Å². The molecule has 1 spiro atoms. The second-order valence-electron chi connectivity index (χ2n) is 6.90. The average Bonchev–Trinajstić information content (AvgIpc) is 3.28. The summed E-state index contributed by atoms with van der Waals surface area (Å²) in [5.74, 6) is 0.537. The molecule has 1 heterocycles. The van der Waals surface area contributed by atoms with E-state index >= 15 is 0 Å². The van der Waals surface area contributed by atoms with Crippen LogP contribution in [0.4, 0.5) is 5.69 Å². The van der Waals surface area contributed by atoms with Crippen molar-refractivity contribution in [3.8, 4) is 11.5 Å². The number of nitrogens with one attached hydrogen (secondary N) is 2. The molecule has 1 aliphatic heterocycles. The molecule has 1 saturated carbocycles. The lowest BCUT2D eigenvalue weighted by molar-refractivity contribution is -0.116. The maximum atomic E-state index is 12.1. The van der Waals surface area contributed by atoms with Gasteiger partial charge in [0.05, 0.1) is 0 Å². The van der Waals surface area contributed by atoms with Gasteiger partial charge in [-0.15, -0.1) is 0 Å². The van der Waals surface area contributed by atoms with Crippen molar-refractivity contribution in [2.45, 2.75) is 37.9 Å². The van der Waals surface area contributed by atoms with Crippen LogP contribution in [0.2, 0.25) is 0 Å². The first kappa shape index (κ1) is 17.4. The number of anilines is 1. The van der Waals surface area contributed by atoms with Crippen LogP contribution < -0.4 is 20.1 Å². The fourth-order valence-electron chi connectivity index (χ4n) is 3.49. The third-order valence-electron chi connectivity index (χ3n) is 4.86. The van der Waals surface area contributed by atoms with Crippen LogP contribution in [-0.2, 0) is 4.79 Å². The van der Waals surface area contributed by atoms with Gasteiger partial charge >= 0.3 is 0 Å². The highest BCUT2D eigenvalue weighted by Gasteiger charge is 2.44. The standard InChI is InChI=1S/C21H22N2O4/c24-19(10-13-22-20(25)15-6-2-1-3-7-15)23-16-8-9-17-18(14-16)27-21(26-17)11-4-5-12-21/h1-3,6-9,14H,4-5,10-13H2,(H,22,25)(H,23,24). The van der Waals surface area contributed by atoms with Crippen LogP contribution >= 0.6 is 0 Å². The van der Waals surface area contributed by atoms with Gasteiger partial charge in [0.2, 0.25) is 5.91 Å². The van der Waals surface area contributed by atoms with E-state index in [2.05, 4.69) is 10.6 Å². The summed E-state index contributed by atoms with van der Waals surface area (Å²) < 4.78 is 12.0. The van der Waals surface area contributed by atoms with Crippen molar-refractivity contribution in [1.82, 2.24) is 5.32 Å². The lowest BCUT2D eigenvalue weighted by atomic mass is 10.2. The van der Waals surface area contributed by atoms with Crippen molar-refractivity contribution >= 4 is 17.5 Å². The van der Waals surface area contributed by atoms with E-state index in [0.29, 0.717) is 17.0 Å². The number of benzene rings is 2. The SMILES string of the molecule is O=C(CCNC(=O)c1ccccc1)Nc1ccc2c(c1)OC1(CCCC1)O2. The van der Waals surface area contributed by atoms with Gasteiger partial charge in [0.1, 0.15) is 0 Å². The predicted molar refractivity (Wildman–Crippen MR) is 101 cm³/mol. The first-order valence-electron chi connectivity index (χ1n) is 9.29. The maximum Gasteiger partial charge on any atom is 0.251 e. The first-order chi connectivity index (χ1) is 13.1. The van der Waals surface area contributed by atoms with Gasteiger partial charge in [-0.25, -0.2) is 0 Å². The van der Waals surface area contributed by atoms with Gasteiger partial charge in [-0.1, -0.05) is 18.2 Å². The summed E-state index contributed by atoms with van der Waals surface area (Å²) in [7, 11) is 0. The average molecular weight is 366 g/mol. The van der Waals surface area contributed by atoms with Crippen LogP contribution in [0.3, 0.4) is 0 Å². The second kappa shape index (κ2) is 7.31. The Morgan fingerprint density at radius 3 is 2.48 bits per heavy atom. The zero-order valence-corrected chi connectivity index (χ0v) is 15.0. The Balaban J connectivity index is 1.27. The van der Waals surface area contributed by atoms with Gasteiger partial charge in [0.15, 0.2) is 11.5 Å². The summed E-state index contributed by atoms with van der Waals surface area (Å²) in [6.07, 6.45) is 4.19. The molecular formula is C21H22N2O4. The normalized spacial score (nSPS) is 16.3. The van der Waals surface area contributed by atoms with Gasteiger partial charge in [-0.2, -0.15) is 0 Å². The Morgan fingerprint density at radius 2 is 1.70 bits per heavy atom. The molecule has 0 unspecified atom stereocenters. The molecule has 1 aliphatic carbocycles. The first-order valence-corrected chi connectivity index (χ1v) is 9.29. The van der Waals surface area contributed by atoms with Crippen molar-refractivity contribution in [2.75, 3.05) is 11.9 Å². The van der Waals surface area contributed by atoms with E-state index in [4.69, 9.17) is 9.47 Å². The van der Waals surface area contributed by atoms with E-state index in [1.807, 2.05) is 12.1 Å². The number of carbonyl (C=O) groups is 2. The van der Waals surface area contributed by atoms with E-state index in [-0.39, 0.29) is 24.8 Å². The molecule has 6 heteroatoms. The molecule has 2 aromatic rings. The van der Waals surface area contributed by atoms with Crippen molar-refractivity contribution in [3.63, 3.8) is 0 Å². The lowest BCUT2D eigenvalue weighted by Crippen LogP contribution is -2.34. The van der Waals surface area contributed by atoms with Gasteiger partial charge in [0.25, 0.3) is 11.7 Å². The fourth-order valence-corrected chi connectivity index (χ4v) is 3.49. The number of ether oxygens (including phenoxy) is 2. The smallest absolute Gasteiger partial charge is 0.251 e. The highest BCUT2D eigenvalue weighted by Crippen LogP contribution is 2.47. The molecule has 0 atom stereocenters. The molecule has 0 aromatic heterocycles. The minimum Gasteiger partial charge on any atom is -0.448 e. The van der Waals surface area contributed by atoms with E-state index in [1.165, 1.54) is 0 Å². The topological polar surface area (TPSA) is 76.7 Å². The molecule has 2 N–H and O–H groups in total. The van der Waals surface area contributed by atoms with Crippen molar-refractivity contribution in [2.24, 2.45) is 0 Å². The molecule has 0 saturated heterocycles. The van der Waals surface area contributed by atoms with Crippen LogP contribution in [0.5, 0.6) is 11.5 Å². The molecule has 4 rings (SSSR count). The molecule has 2 aromatic carbocycles. The monoisotopic (exact) mass is 366 g/mol. The minimum absolute atomic E-state index is 0.169. The van der Waals surface area contributed by atoms with Gasteiger partial charge in [0, 0.05) is 43.1 Å². The largest absolute Gasteiger partial charge is 0.448 e. The van der Waals surface area contributed by atoms with E-state index < -0.39 is 5.79 Å². The molecule has 2 aliphatic rings. The molecular weight excluding hydrogens is 344 g/mol. The Bertz CT molecular complexity index is 845. The number of amides is 2. The molecule has 2 amide bonds. The Morgan fingerprint density at radius 1 is 0.963 bits per heavy atom. The number of fused-ring (bicyclic) bond motifs is 1. The predicted octanol–water partition coefficient (Wildman–Crippen LogP) is 3.49. The minimum atomic E-state index is -0.507. The highest BCUT2D eigenvalue weighted by molar-refractivity contribution is 5.95. The van der Waals surface area contributed by atoms with Crippen LogP contribution in [0.1, 0.15) is 42.5 Å². The number of hydrogen-bond acceptors (Lipinski definition) is 4. The van der Waals surface area contributed by atoms with Crippen LogP contribution in [0, 0.1) is 0 Å². The number of rotatable bonds is 5. The zero-order valence-electron chi connectivity index (χ0n) is 15.0. The fraction of sp³-hybridized carbons (Fsp3) is 0.333. The molecule has 27 heavy (non-hydrogen) atoms. The Hall–Kier alpha value is -3.02. The highest BCUT2D eigenvalue weighted by atomic mass is 16.7. The summed E-state index contributed by atoms with van der Waals surface area (Å²) in [5, 5.41) is 5.58. The third kappa shape index (κ3) is 3.89. The number of carbonyl (C=O) groups excluding carboxylic acids is 2.